The van der Waals surface area contributed by atoms with Gasteiger partial charge in [0.15, 0.2) is 35.7 Å². The first-order valence-electron chi connectivity index (χ1n) is 11.9. The average Bonchev–Trinajstić information content (AvgIpc) is 3.62. The predicted octanol–water partition coefficient (Wildman–Crippen LogP) is 0.434. The van der Waals surface area contributed by atoms with Crippen molar-refractivity contribution in [1.82, 2.24) is 24.7 Å². The molecule has 3 aromatic heterocycles. The number of hydrogen-bond acceptors (Lipinski definition) is 13. The molecular weight excluding hydrogens is 532 g/mol. The lowest BCUT2D eigenvalue weighted by molar-refractivity contribution is -0.140. The molecule has 1 aliphatic heterocycles. The van der Waals surface area contributed by atoms with Gasteiger partial charge in [0, 0.05) is 12.6 Å². The maximum absolute atomic E-state index is 11.4. The number of nitrogens with two attached hydrogens (primary N) is 2. The van der Waals surface area contributed by atoms with Crippen LogP contribution < -0.4 is 16.2 Å². The number of aryl methyl sites for hydroxylation is 1. The smallest absolute Gasteiger partial charge is 0.293 e. The lowest BCUT2D eigenvalue weighted by Crippen LogP contribution is -2.31. The molecule has 206 valence electrons. The standard InChI is InChI=1S/C23H26N8O7S/c1-2-13-9-15(38-30-13)18-19(36-11-32)17(33)22(37-18)31-10-27-16-20(24)28-23(29-21(16)31)26-8-7-12-3-5-14(6-4-12)39(25,34)35/h3-6,9-11,17-19,22,33H,2,7-8H2,1H3,(H2,25,34,35)(H3,24,26,28,29)/t17-,18-,19+,22-/m1/s1. The summed E-state index contributed by atoms with van der Waals surface area (Å²) >= 11 is 0. The summed E-state index contributed by atoms with van der Waals surface area (Å²) in [6.45, 7) is 2.55. The highest BCUT2D eigenvalue weighted by Crippen LogP contribution is 2.41. The Kier molecular flexibility index (Phi) is 7.17. The molecule has 4 heterocycles. The molecule has 0 aliphatic carbocycles. The van der Waals surface area contributed by atoms with E-state index in [9.17, 15) is 18.3 Å². The molecule has 16 heteroatoms. The van der Waals surface area contributed by atoms with E-state index in [1.165, 1.54) is 23.0 Å². The number of imidazole rings is 1. The van der Waals surface area contributed by atoms with Crippen LogP contribution in [-0.4, -0.2) is 63.4 Å². The van der Waals surface area contributed by atoms with E-state index in [0.29, 0.717) is 36.4 Å². The number of carbonyl (C=O) groups excluding carboxylic acids is 1. The molecule has 4 atom stereocenters. The summed E-state index contributed by atoms with van der Waals surface area (Å²) in [6.07, 6.45) is -1.77. The van der Waals surface area contributed by atoms with E-state index >= 15 is 0 Å². The van der Waals surface area contributed by atoms with Crippen LogP contribution in [-0.2, 0) is 37.1 Å². The first-order chi connectivity index (χ1) is 18.7. The minimum atomic E-state index is -3.76. The molecule has 0 radical (unpaired) electrons. The number of carbonyl (C=O) groups is 1. The Balaban J connectivity index is 1.36. The lowest BCUT2D eigenvalue weighted by Gasteiger charge is -2.17. The van der Waals surface area contributed by atoms with Crippen molar-refractivity contribution in [2.24, 2.45) is 5.14 Å². The van der Waals surface area contributed by atoms with Gasteiger partial charge in [-0.3, -0.25) is 9.36 Å². The summed E-state index contributed by atoms with van der Waals surface area (Å²) in [5, 5.41) is 23.2. The number of fused-ring (bicyclic) bond motifs is 1. The molecule has 15 nitrogen and oxygen atoms in total. The number of rotatable bonds is 10. The van der Waals surface area contributed by atoms with Gasteiger partial charge in [0.05, 0.1) is 16.9 Å². The third kappa shape index (κ3) is 5.26. The van der Waals surface area contributed by atoms with E-state index < -0.39 is 34.6 Å². The number of aliphatic hydroxyl groups is 1. The van der Waals surface area contributed by atoms with Crippen molar-refractivity contribution < 1.29 is 32.3 Å². The zero-order valence-electron chi connectivity index (χ0n) is 20.7. The molecular formula is C23H26N8O7S. The van der Waals surface area contributed by atoms with Crippen molar-refractivity contribution in [3.8, 4) is 0 Å². The topological polar surface area (TPSA) is 224 Å². The third-order valence-electron chi connectivity index (χ3n) is 6.32. The molecule has 1 fully saturated rings. The van der Waals surface area contributed by atoms with Crippen LogP contribution in [0, 0.1) is 0 Å². The fourth-order valence-corrected chi connectivity index (χ4v) is 4.84. The zero-order valence-corrected chi connectivity index (χ0v) is 21.5. The number of aliphatic hydroxyl groups excluding tert-OH is 1. The lowest BCUT2D eigenvalue weighted by atomic mass is 10.1. The third-order valence-corrected chi connectivity index (χ3v) is 7.25. The summed E-state index contributed by atoms with van der Waals surface area (Å²) in [7, 11) is -3.76. The number of benzene rings is 1. The summed E-state index contributed by atoms with van der Waals surface area (Å²) in [5.74, 6) is 0.611. The van der Waals surface area contributed by atoms with E-state index in [0.717, 1.165) is 5.56 Å². The number of primary sulfonamides is 1. The minimum absolute atomic E-state index is 0.0301. The number of aromatic nitrogens is 5. The van der Waals surface area contributed by atoms with Crippen molar-refractivity contribution in [3.63, 3.8) is 0 Å². The molecule has 0 bridgehead atoms. The summed E-state index contributed by atoms with van der Waals surface area (Å²) < 4.78 is 40.9. The number of nitrogens with zero attached hydrogens (tertiary/aromatic N) is 5. The molecule has 39 heavy (non-hydrogen) atoms. The highest BCUT2D eigenvalue weighted by molar-refractivity contribution is 7.89. The Hall–Kier alpha value is -4.12. The van der Waals surface area contributed by atoms with E-state index in [1.54, 1.807) is 18.2 Å². The molecule has 1 saturated heterocycles. The van der Waals surface area contributed by atoms with Crippen molar-refractivity contribution in [3.05, 3.63) is 53.7 Å². The van der Waals surface area contributed by atoms with Gasteiger partial charge in [0.25, 0.3) is 6.47 Å². The molecule has 5 rings (SSSR count). The molecule has 1 aromatic carbocycles. The average molecular weight is 559 g/mol. The Morgan fingerprint density at radius 2 is 2.03 bits per heavy atom. The maximum Gasteiger partial charge on any atom is 0.293 e. The SMILES string of the molecule is CCc1cc([C@H]2O[C@@H](n3cnc4c(N)nc(NCCc5ccc(S(N)(=O)=O)cc5)nc43)[C@H](O)[C@@H]2OC=O)on1. The van der Waals surface area contributed by atoms with Gasteiger partial charge in [-0.25, -0.2) is 18.5 Å². The van der Waals surface area contributed by atoms with Crippen molar-refractivity contribution in [2.45, 2.75) is 49.2 Å². The predicted molar refractivity (Wildman–Crippen MR) is 135 cm³/mol. The second-order valence-corrected chi connectivity index (χ2v) is 10.4. The Morgan fingerprint density at radius 3 is 2.69 bits per heavy atom. The van der Waals surface area contributed by atoms with Gasteiger partial charge in [-0.15, -0.1) is 0 Å². The maximum atomic E-state index is 11.4. The van der Waals surface area contributed by atoms with Crippen LogP contribution in [0.4, 0.5) is 11.8 Å². The molecule has 1 aliphatic rings. The zero-order chi connectivity index (χ0) is 27.7. The highest BCUT2D eigenvalue weighted by atomic mass is 32.2. The first-order valence-corrected chi connectivity index (χ1v) is 13.5. The van der Waals surface area contributed by atoms with Crippen LogP contribution in [0.25, 0.3) is 11.2 Å². The molecule has 6 N–H and O–H groups in total. The second-order valence-electron chi connectivity index (χ2n) is 8.83. The molecule has 0 unspecified atom stereocenters. The number of ether oxygens (including phenoxy) is 2. The van der Waals surface area contributed by atoms with Crippen molar-refractivity contribution >= 4 is 39.4 Å². The van der Waals surface area contributed by atoms with Gasteiger partial charge in [-0.2, -0.15) is 9.97 Å². The summed E-state index contributed by atoms with van der Waals surface area (Å²) in [4.78, 5) is 24.2. The molecule has 4 aromatic rings. The van der Waals surface area contributed by atoms with E-state index in [-0.39, 0.29) is 28.8 Å². The molecule has 0 amide bonds. The minimum Gasteiger partial charge on any atom is -0.458 e. The number of anilines is 2. The van der Waals surface area contributed by atoms with Crippen LogP contribution in [0.15, 0.2) is 46.1 Å². The van der Waals surface area contributed by atoms with Gasteiger partial charge in [0.1, 0.15) is 11.6 Å². The van der Waals surface area contributed by atoms with Crippen LogP contribution in [0.3, 0.4) is 0 Å². The number of sulfonamides is 1. The van der Waals surface area contributed by atoms with Gasteiger partial charge in [0.2, 0.25) is 16.0 Å². The number of nitrogen functional groups attached to an aromatic ring is 1. The number of hydrogen-bond donors (Lipinski definition) is 4. The quantitative estimate of drug-likeness (QED) is 0.194. The van der Waals surface area contributed by atoms with Crippen LogP contribution in [0.2, 0.25) is 0 Å². The monoisotopic (exact) mass is 558 g/mol. The molecule has 0 spiro atoms. The Bertz CT molecular complexity index is 1590. The van der Waals surface area contributed by atoms with Crippen LogP contribution >= 0.6 is 0 Å². The van der Waals surface area contributed by atoms with Gasteiger partial charge < -0.3 is 30.2 Å². The van der Waals surface area contributed by atoms with Crippen molar-refractivity contribution in [1.29, 1.82) is 0 Å². The van der Waals surface area contributed by atoms with Crippen LogP contribution in [0.5, 0.6) is 0 Å². The van der Waals surface area contributed by atoms with Gasteiger partial charge in [-0.1, -0.05) is 24.2 Å². The van der Waals surface area contributed by atoms with Crippen molar-refractivity contribution in [2.75, 3.05) is 17.6 Å². The second kappa shape index (κ2) is 10.6. The fourth-order valence-electron chi connectivity index (χ4n) is 4.32. The Morgan fingerprint density at radius 1 is 1.26 bits per heavy atom. The van der Waals surface area contributed by atoms with Gasteiger partial charge in [-0.05, 0) is 30.5 Å². The summed E-state index contributed by atoms with van der Waals surface area (Å²) in [6, 6.07) is 7.89. The van der Waals surface area contributed by atoms with E-state index in [4.69, 9.17) is 24.9 Å². The van der Waals surface area contributed by atoms with E-state index in [1.807, 2.05) is 6.92 Å². The normalized spacial score (nSPS) is 21.3. The largest absolute Gasteiger partial charge is 0.458 e. The number of nitrogens with one attached hydrogen (secondary N) is 1. The van der Waals surface area contributed by atoms with Gasteiger partial charge >= 0.3 is 0 Å². The Labute approximate surface area is 222 Å². The molecule has 0 saturated carbocycles. The first kappa shape index (κ1) is 26.5. The van der Waals surface area contributed by atoms with Crippen LogP contribution in [0.1, 0.15) is 36.3 Å². The fraction of sp³-hybridized carbons (Fsp3) is 0.348. The highest BCUT2D eigenvalue weighted by Gasteiger charge is 2.49. The van der Waals surface area contributed by atoms with E-state index in [2.05, 4.69) is 25.4 Å². The summed E-state index contributed by atoms with van der Waals surface area (Å²) in [5.41, 5.74) is 8.24.